The highest BCUT2D eigenvalue weighted by Gasteiger charge is 2.51. The highest BCUT2D eigenvalue weighted by molar-refractivity contribution is 5.77. The van der Waals surface area contributed by atoms with Gasteiger partial charge < -0.3 is 9.64 Å². The Morgan fingerprint density at radius 3 is 2.86 bits per heavy atom. The van der Waals surface area contributed by atoms with Gasteiger partial charge in [0.15, 0.2) is 5.65 Å². The van der Waals surface area contributed by atoms with Crippen LogP contribution in [0.5, 0.6) is 0 Å². The monoisotopic (exact) mass is 398 g/mol. The number of carbonyl (C=O) groups is 2. The average molecular weight is 398 g/mol. The van der Waals surface area contributed by atoms with Crippen LogP contribution in [0.15, 0.2) is 24.8 Å². The Hall–Kier alpha value is -2.68. The molecule has 0 radical (unpaired) electrons. The molecule has 2 aromatic rings. The van der Waals surface area contributed by atoms with Crippen molar-refractivity contribution in [2.45, 2.75) is 50.9 Å². The number of aromatic nitrogens is 3. The molecule has 2 amide bonds. The number of carbonyl (C=O) groups excluding carboxylic acids is 2. The van der Waals surface area contributed by atoms with Crippen LogP contribution in [0, 0.1) is 0 Å². The molecular weight excluding hydrogens is 372 g/mol. The number of hydrogen-bond acceptors (Lipinski definition) is 6. The molecule has 3 aliphatic rings. The first kappa shape index (κ1) is 18.4. The lowest BCUT2D eigenvalue weighted by Crippen LogP contribution is -2.50. The Bertz CT molecular complexity index is 922. The maximum Gasteiger partial charge on any atom is 0.410 e. The molecule has 0 unspecified atom stereocenters. The number of likely N-dealkylation sites (tertiary alicyclic amines) is 2. The molecule has 0 aromatic carbocycles. The fourth-order valence-corrected chi connectivity index (χ4v) is 4.91. The van der Waals surface area contributed by atoms with Gasteiger partial charge in [-0.1, -0.05) is 6.92 Å². The van der Waals surface area contributed by atoms with Crippen LogP contribution in [0.25, 0.3) is 5.65 Å². The second kappa shape index (κ2) is 7.29. The first-order chi connectivity index (χ1) is 14.1. The van der Waals surface area contributed by atoms with E-state index in [1.807, 2.05) is 29.1 Å². The average Bonchev–Trinajstić information content (AvgIpc) is 3.41. The zero-order valence-corrected chi connectivity index (χ0v) is 16.6. The van der Waals surface area contributed by atoms with Gasteiger partial charge in [0.1, 0.15) is 6.10 Å². The quantitative estimate of drug-likeness (QED) is 0.768. The molecule has 3 saturated heterocycles. The molecule has 0 saturated carbocycles. The highest BCUT2D eigenvalue weighted by Crippen LogP contribution is 2.32. The van der Waals surface area contributed by atoms with Gasteiger partial charge in [-0.25, -0.2) is 9.78 Å². The van der Waals surface area contributed by atoms with Crippen LogP contribution in [0.2, 0.25) is 0 Å². The number of rotatable bonds is 4. The van der Waals surface area contributed by atoms with Crippen LogP contribution < -0.4 is 0 Å². The lowest BCUT2D eigenvalue weighted by Gasteiger charge is -2.37. The first-order valence-electron chi connectivity index (χ1n) is 10.4. The van der Waals surface area contributed by atoms with Crippen LogP contribution in [0.4, 0.5) is 4.79 Å². The Morgan fingerprint density at radius 1 is 1.24 bits per heavy atom. The molecule has 0 spiro atoms. The van der Waals surface area contributed by atoms with Crippen LogP contribution >= 0.6 is 0 Å². The third-order valence-electron chi connectivity index (χ3n) is 6.44. The Morgan fingerprint density at radius 2 is 2.07 bits per heavy atom. The molecular formula is C20H26N6O3. The number of fused-ring (bicyclic) bond motifs is 2. The third kappa shape index (κ3) is 3.23. The third-order valence-corrected chi connectivity index (χ3v) is 6.44. The van der Waals surface area contributed by atoms with Gasteiger partial charge in [-0.05, 0) is 12.8 Å². The molecule has 0 aliphatic carbocycles. The SMILES string of the molecule is CCC(=O)N1C[C@@H]2OC(=O)N(C3CCN(Cc4cnc5cnccn45)CC3)[C@@H]2C1. The Labute approximate surface area is 169 Å². The van der Waals surface area contributed by atoms with Crippen molar-refractivity contribution in [1.29, 1.82) is 0 Å². The summed E-state index contributed by atoms with van der Waals surface area (Å²) >= 11 is 0. The number of nitrogens with zero attached hydrogens (tertiary/aromatic N) is 6. The van der Waals surface area contributed by atoms with Crippen LogP contribution in [0.3, 0.4) is 0 Å². The number of ether oxygens (including phenoxy) is 1. The van der Waals surface area contributed by atoms with Crippen molar-refractivity contribution < 1.29 is 14.3 Å². The fourth-order valence-electron chi connectivity index (χ4n) is 4.91. The lowest BCUT2D eigenvalue weighted by atomic mass is 10.0. The summed E-state index contributed by atoms with van der Waals surface area (Å²) in [4.78, 5) is 39.2. The van der Waals surface area contributed by atoms with E-state index in [-0.39, 0.29) is 30.2 Å². The summed E-state index contributed by atoms with van der Waals surface area (Å²) < 4.78 is 7.67. The van der Waals surface area contributed by atoms with E-state index in [4.69, 9.17) is 4.74 Å². The van der Waals surface area contributed by atoms with E-state index in [0.29, 0.717) is 19.5 Å². The summed E-state index contributed by atoms with van der Waals surface area (Å²) in [6, 6.07) is 0.178. The summed E-state index contributed by atoms with van der Waals surface area (Å²) in [5, 5.41) is 0. The Kier molecular flexibility index (Phi) is 4.61. The number of hydrogen-bond donors (Lipinski definition) is 0. The molecule has 29 heavy (non-hydrogen) atoms. The first-order valence-corrected chi connectivity index (χ1v) is 10.4. The van der Waals surface area contributed by atoms with E-state index in [1.165, 1.54) is 0 Å². The van der Waals surface area contributed by atoms with Crippen molar-refractivity contribution in [1.82, 2.24) is 29.1 Å². The molecule has 5 heterocycles. The molecule has 2 atom stereocenters. The van der Waals surface area contributed by atoms with Gasteiger partial charge in [-0.3, -0.25) is 24.0 Å². The van der Waals surface area contributed by atoms with E-state index in [0.717, 1.165) is 43.8 Å². The maximum absolute atomic E-state index is 12.5. The minimum absolute atomic E-state index is 0.000762. The van der Waals surface area contributed by atoms with E-state index < -0.39 is 0 Å². The molecule has 3 fully saturated rings. The fraction of sp³-hybridized carbons (Fsp3) is 0.600. The van der Waals surface area contributed by atoms with Crippen LogP contribution in [-0.2, 0) is 16.1 Å². The summed E-state index contributed by atoms with van der Waals surface area (Å²) in [5.74, 6) is 0.133. The predicted molar refractivity (Wildman–Crippen MR) is 104 cm³/mol. The molecule has 0 bridgehead atoms. The normalized spacial score (nSPS) is 25.6. The second-order valence-corrected chi connectivity index (χ2v) is 8.11. The molecule has 9 heteroatoms. The van der Waals surface area contributed by atoms with Crippen molar-refractivity contribution in [2.75, 3.05) is 26.2 Å². The topological polar surface area (TPSA) is 83.3 Å². The highest BCUT2D eigenvalue weighted by atomic mass is 16.6. The van der Waals surface area contributed by atoms with E-state index >= 15 is 0 Å². The predicted octanol–water partition coefficient (Wildman–Crippen LogP) is 1.14. The smallest absolute Gasteiger partial charge is 0.410 e. The standard InChI is InChI=1S/C20H26N6O3/c1-2-19(27)24-12-16-17(13-24)29-20(28)26(16)14-3-6-23(7-4-14)11-15-9-22-18-10-21-5-8-25(15)18/h5,8-10,14,16-17H,2-4,6-7,11-13H2,1H3/t16-,17+/m1/s1. The molecule has 3 aliphatic heterocycles. The van der Waals surface area contributed by atoms with E-state index in [9.17, 15) is 9.59 Å². The maximum atomic E-state index is 12.5. The Balaban J connectivity index is 1.21. The van der Waals surface area contributed by atoms with Crippen LogP contribution in [-0.4, -0.2) is 85.4 Å². The van der Waals surface area contributed by atoms with Crippen molar-refractivity contribution >= 4 is 17.6 Å². The number of piperidine rings is 1. The molecule has 9 nitrogen and oxygen atoms in total. The number of imidazole rings is 1. The van der Waals surface area contributed by atoms with Gasteiger partial charge in [0.2, 0.25) is 5.91 Å². The van der Waals surface area contributed by atoms with Gasteiger partial charge in [0, 0.05) is 51.0 Å². The molecule has 154 valence electrons. The molecule has 5 rings (SSSR count). The van der Waals surface area contributed by atoms with Gasteiger partial charge >= 0.3 is 6.09 Å². The minimum atomic E-state index is -0.212. The zero-order valence-electron chi connectivity index (χ0n) is 16.6. The van der Waals surface area contributed by atoms with Gasteiger partial charge in [-0.15, -0.1) is 0 Å². The number of amides is 2. The van der Waals surface area contributed by atoms with Gasteiger partial charge in [0.25, 0.3) is 0 Å². The summed E-state index contributed by atoms with van der Waals surface area (Å²) in [6.45, 7) is 5.66. The van der Waals surface area contributed by atoms with Crippen LogP contribution in [0.1, 0.15) is 31.9 Å². The second-order valence-electron chi connectivity index (χ2n) is 8.11. The summed E-state index contributed by atoms with van der Waals surface area (Å²) in [7, 11) is 0. The van der Waals surface area contributed by atoms with Crippen molar-refractivity contribution in [3.63, 3.8) is 0 Å². The minimum Gasteiger partial charge on any atom is -0.442 e. The van der Waals surface area contributed by atoms with Gasteiger partial charge in [0.05, 0.1) is 30.7 Å². The zero-order chi connectivity index (χ0) is 20.0. The summed E-state index contributed by atoms with van der Waals surface area (Å²) in [6.07, 6.45) is 9.31. The van der Waals surface area contributed by atoms with E-state index in [2.05, 4.69) is 19.3 Å². The van der Waals surface area contributed by atoms with Crippen molar-refractivity contribution in [2.24, 2.45) is 0 Å². The summed E-state index contributed by atoms with van der Waals surface area (Å²) in [5.41, 5.74) is 2.00. The van der Waals surface area contributed by atoms with Crippen molar-refractivity contribution in [3.8, 4) is 0 Å². The van der Waals surface area contributed by atoms with Crippen molar-refractivity contribution in [3.05, 3.63) is 30.5 Å². The van der Waals surface area contributed by atoms with Gasteiger partial charge in [-0.2, -0.15) is 0 Å². The van der Waals surface area contributed by atoms with E-state index in [1.54, 1.807) is 12.4 Å². The molecule has 2 aromatic heterocycles. The largest absolute Gasteiger partial charge is 0.442 e. The lowest BCUT2D eigenvalue weighted by molar-refractivity contribution is -0.130. The molecule has 0 N–H and O–H groups in total.